The fourth-order valence-corrected chi connectivity index (χ4v) is 4.24. The molecule has 1 fully saturated rings. The van der Waals surface area contributed by atoms with Crippen LogP contribution in [0.3, 0.4) is 0 Å². The van der Waals surface area contributed by atoms with Gasteiger partial charge in [-0.05, 0) is 37.5 Å². The minimum atomic E-state index is -1.13. The van der Waals surface area contributed by atoms with Crippen molar-refractivity contribution in [2.24, 2.45) is 0 Å². The molecule has 184 valence electrons. The molecule has 2 aliphatic heterocycles. The van der Waals surface area contributed by atoms with Crippen molar-refractivity contribution in [3.63, 3.8) is 0 Å². The number of carbonyl (C=O) groups is 4. The Hall–Kier alpha value is -4.22. The zero-order valence-corrected chi connectivity index (χ0v) is 19.3. The summed E-state index contributed by atoms with van der Waals surface area (Å²) in [5, 5.41) is 5.18. The number of benzene rings is 1. The first kappa shape index (κ1) is 23.9. The topological polar surface area (TPSA) is 160 Å². The van der Waals surface area contributed by atoms with Gasteiger partial charge in [0.05, 0.1) is 36.8 Å². The summed E-state index contributed by atoms with van der Waals surface area (Å²) in [4.78, 5) is 71.7. The maximum absolute atomic E-state index is 13.2. The SMILES string of the molecule is COC(=O)c1cc(NC(=O)[C@H]2CC(=O)Nc3nc(N4CCCCC4)[nH]c(=O)c32)cc(C(=O)OC)c1. The third kappa shape index (κ3) is 5.00. The summed E-state index contributed by atoms with van der Waals surface area (Å²) >= 11 is 0. The molecule has 1 atom stereocenters. The van der Waals surface area contributed by atoms with E-state index in [-0.39, 0.29) is 34.6 Å². The van der Waals surface area contributed by atoms with Crippen molar-refractivity contribution < 1.29 is 28.7 Å². The van der Waals surface area contributed by atoms with Crippen molar-refractivity contribution in [2.75, 3.05) is 42.8 Å². The lowest BCUT2D eigenvalue weighted by molar-refractivity contribution is -0.123. The van der Waals surface area contributed by atoms with Crippen molar-refractivity contribution in [2.45, 2.75) is 31.6 Å². The Kier molecular flexibility index (Phi) is 6.80. The van der Waals surface area contributed by atoms with Crippen LogP contribution >= 0.6 is 0 Å². The third-order valence-corrected chi connectivity index (χ3v) is 5.95. The summed E-state index contributed by atoms with van der Waals surface area (Å²) < 4.78 is 9.41. The van der Waals surface area contributed by atoms with Gasteiger partial charge in [-0.25, -0.2) is 9.59 Å². The quantitative estimate of drug-likeness (QED) is 0.534. The van der Waals surface area contributed by atoms with Gasteiger partial charge in [-0.3, -0.25) is 19.4 Å². The van der Waals surface area contributed by atoms with Crippen molar-refractivity contribution in [1.82, 2.24) is 9.97 Å². The second kappa shape index (κ2) is 9.95. The summed E-state index contributed by atoms with van der Waals surface area (Å²) in [6.45, 7) is 1.47. The van der Waals surface area contributed by atoms with Crippen LogP contribution in [0.4, 0.5) is 17.5 Å². The van der Waals surface area contributed by atoms with Crippen LogP contribution in [-0.4, -0.2) is 61.0 Å². The van der Waals surface area contributed by atoms with Crippen molar-refractivity contribution in [3.8, 4) is 0 Å². The Labute approximate surface area is 200 Å². The molecule has 0 bridgehead atoms. The van der Waals surface area contributed by atoms with Crippen LogP contribution in [0.15, 0.2) is 23.0 Å². The van der Waals surface area contributed by atoms with Gasteiger partial charge in [0.25, 0.3) is 5.56 Å². The number of piperidine rings is 1. The predicted octanol–water partition coefficient (Wildman–Crippen LogP) is 1.40. The molecule has 0 aliphatic carbocycles. The number of aromatic nitrogens is 2. The smallest absolute Gasteiger partial charge is 0.337 e. The van der Waals surface area contributed by atoms with Crippen LogP contribution in [0, 0.1) is 0 Å². The number of esters is 2. The first-order chi connectivity index (χ1) is 16.8. The number of nitrogens with one attached hydrogen (secondary N) is 3. The highest BCUT2D eigenvalue weighted by atomic mass is 16.5. The zero-order chi connectivity index (χ0) is 25.1. The Morgan fingerprint density at radius 2 is 1.63 bits per heavy atom. The summed E-state index contributed by atoms with van der Waals surface area (Å²) in [7, 11) is 2.36. The highest BCUT2D eigenvalue weighted by molar-refractivity contribution is 6.05. The van der Waals surface area contributed by atoms with Gasteiger partial charge in [0.1, 0.15) is 5.82 Å². The van der Waals surface area contributed by atoms with Crippen LogP contribution in [0.1, 0.15) is 57.9 Å². The van der Waals surface area contributed by atoms with Gasteiger partial charge in [-0.2, -0.15) is 4.98 Å². The number of H-pyrrole nitrogens is 1. The fourth-order valence-electron chi connectivity index (χ4n) is 4.24. The predicted molar refractivity (Wildman–Crippen MR) is 125 cm³/mol. The summed E-state index contributed by atoms with van der Waals surface area (Å²) in [6.07, 6.45) is 2.76. The molecule has 1 aromatic heterocycles. The van der Waals surface area contributed by atoms with E-state index in [2.05, 4.69) is 20.6 Å². The summed E-state index contributed by atoms with van der Waals surface area (Å²) in [5.41, 5.74) is -0.356. The second-order valence-electron chi connectivity index (χ2n) is 8.28. The Morgan fingerprint density at radius 1 is 1.00 bits per heavy atom. The number of hydrogen-bond acceptors (Lipinski definition) is 9. The number of hydrogen-bond donors (Lipinski definition) is 3. The Morgan fingerprint density at radius 3 is 2.23 bits per heavy atom. The molecule has 2 aromatic rings. The minimum absolute atomic E-state index is 0.0122. The van der Waals surface area contributed by atoms with Gasteiger partial charge in [0.15, 0.2) is 0 Å². The molecular weight excluding hydrogens is 458 g/mol. The van der Waals surface area contributed by atoms with Crippen LogP contribution in [-0.2, 0) is 19.1 Å². The lowest BCUT2D eigenvalue weighted by atomic mass is 9.92. The van der Waals surface area contributed by atoms with Gasteiger partial charge in [-0.15, -0.1) is 0 Å². The zero-order valence-electron chi connectivity index (χ0n) is 19.3. The lowest BCUT2D eigenvalue weighted by Gasteiger charge is -2.29. The molecule has 3 heterocycles. The number of ether oxygens (including phenoxy) is 2. The monoisotopic (exact) mass is 483 g/mol. The fraction of sp³-hybridized carbons (Fsp3) is 0.391. The highest BCUT2D eigenvalue weighted by Crippen LogP contribution is 2.31. The van der Waals surface area contributed by atoms with Crippen molar-refractivity contribution >= 4 is 41.2 Å². The standard InChI is InChI=1S/C23H25N5O7/c1-34-21(32)12-8-13(22(33)35-2)10-14(9-12)24-19(30)15-11-16(29)25-18-17(15)20(31)27-23(26-18)28-6-4-3-5-7-28/h8-10,15H,3-7,11H2,1-2H3,(H,24,30)(H2,25,26,27,29,31)/t15-/m0/s1. The van der Waals surface area contributed by atoms with E-state index in [1.807, 2.05) is 4.90 Å². The molecule has 1 aromatic carbocycles. The molecule has 0 radical (unpaired) electrons. The molecule has 0 saturated carbocycles. The number of aromatic amines is 1. The molecule has 3 N–H and O–H groups in total. The molecule has 0 spiro atoms. The lowest BCUT2D eigenvalue weighted by Crippen LogP contribution is -2.38. The third-order valence-electron chi connectivity index (χ3n) is 5.95. The Bertz CT molecular complexity index is 1220. The van der Waals surface area contributed by atoms with E-state index < -0.39 is 35.2 Å². The van der Waals surface area contributed by atoms with Gasteiger partial charge >= 0.3 is 11.9 Å². The van der Waals surface area contributed by atoms with E-state index in [0.29, 0.717) is 5.95 Å². The maximum Gasteiger partial charge on any atom is 0.337 e. The van der Waals surface area contributed by atoms with E-state index in [1.54, 1.807) is 0 Å². The maximum atomic E-state index is 13.2. The van der Waals surface area contributed by atoms with E-state index in [4.69, 9.17) is 9.47 Å². The average Bonchev–Trinajstić information content (AvgIpc) is 2.87. The molecule has 1 saturated heterocycles. The van der Waals surface area contributed by atoms with Crippen LogP contribution in [0.25, 0.3) is 0 Å². The van der Waals surface area contributed by atoms with Gasteiger partial charge in [0, 0.05) is 25.2 Å². The van der Waals surface area contributed by atoms with Crippen LogP contribution in [0.5, 0.6) is 0 Å². The number of fused-ring (bicyclic) bond motifs is 1. The molecule has 35 heavy (non-hydrogen) atoms. The molecule has 0 unspecified atom stereocenters. The minimum Gasteiger partial charge on any atom is -0.465 e. The normalized spacial score (nSPS) is 17.1. The van der Waals surface area contributed by atoms with Crippen LogP contribution in [0.2, 0.25) is 0 Å². The number of carbonyl (C=O) groups excluding carboxylic acids is 4. The van der Waals surface area contributed by atoms with Crippen LogP contribution < -0.4 is 21.1 Å². The van der Waals surface area contributed by atoms with Gasteiger partial charge in [-0.1, -0.05) is 0 Å². The Balaban J connectivity index is 1.66. The first-order valence-corrected chi connectivity index (χ1v) is 11.1. The van der Waals surface area contributed by atoms with Crippen molar-refractivity contribution in [3.05, 3.63) is 45.2 Å². The number of methoxy groups -OCH3 is 2. The molecule has 4 rings (SSSR count). The van der Waals surface area contributed by atoms with E-state index in [1.165, 1.54) is 32.4 Å². The number of anilines is 3. The summed E-state index contributed by atoms with van der Waals surface area (Å²) in [5.74, 6) is -3.31. The molecule has 2 amide bonds. The number of nitrogens with zero attached hydrogens (tertiary/aromatic N) is 2. The first-order valence-electron chi connectivity index (χ1n) is 11.1. The van der Waals surface area contributed by atoms with Crippen molar-refractivity contribution in [1.29, 1.82) is 0 Å². The molecular formula is C23H25N5O7. The average molecular weight is 483 g/mol. The largest absolute Gasteiger partial charge is 0.465 e. The van der Waals surface area contributed by atoms with Gasteiger partial charge < -0.3 is 25.0 Å². The second-order valence-corrected chi connectivity index (χ2v) is 8.28. The highest BCUT2D eigenvalue weighted by Gasteiger charge is 2.35. The van der Waals surface area contributed by atoms with Gasteiger partial charge in [0.2, 0.25) is 17.8 Å². The van der Waals surface area contributed by atoms with E-state index in [9.17, 15) is 24.0 Å². The summed E-state index contributed by atoms with van der Waals surface area (Å²) in [6, 6.07) is 3.91. The van der Waals surface area contributed by atoms with E-state index >= 15 is 0 Å². The number of rotatable bonds is 5. The number of amides is 2. The molecule has 12 heteroatoms. The molecule has 2 aliphatic rings. The van der Waals surface area contributed by atoms with E-state index in [0.717, 1.165) is 32.4 Å². The molecule has 12 nitrogen and oxygen atoms in total.